The number of amides is 2. The van der Waals surface area contributed by atoms with E-state index in [9.17, 15) is 14.0 Å². The largest absolute Gasteiger partial charge is 0.375 e. The second kappa shape index (κ2) is 10.4. The predicted molar refractivity (Wildman–Crippen MR) is 128 cm³/mol. The normalized spacial score (nSPS) is 39.9. The Bertz CT molecular complexity index is 825. The van der Waals surface area contributed by atoms with E-state index >= 15 is 4.39 Å². The number of ether oxygens (including phenoxy) is 1. The lowest BCUT2D eigenvalue weighted by Crippen LogP contribution is -2.68. The molecular weight excluding hydrogens is 474 g/mol. The molecule has 5 rings (SSSR count). The van der Waals surface area contributed by atoms with E-state index < -0.39 is 42.7 Å². The molecule has 13 heteroatoms. The Labute approximate surface area is 210 Å². The lowest BCUT2D eigenvalue weighted by Gasteiger charge is -2.49. The van der Waals surface area contributed by atoms with E-state index in [-0.39, 0.29) is 43.0 Å². The molecule has 0 bridgehead atoms. The van der Waals surface area contributed by atoms with Crippen molar-refractivity contribution in [3.63, 3.8) is 0 Å². The second-order valence-electron chi connectivity index (χ2n) is 11.2. The summed E-state index contributed by atoms with van der Waals surface area (Å²) in [6.45, 7) is 5.40. The minimum absolute atomic E-state index is 0.0688. The number of rotatable bonds is 5. The predicted octanol–water partition coefficient (Wildman–Crippen LogP) is -2.27. The van der Waals surface area contributed by atoms with Gasteiger partial charge in [-0.2, -0.15) is 0 Å². The number of hydrogen-bond donors (Lipinski definition) is 5. The van der Waals surface area contributed by atoms with Gasteiger partial charge in [-0.15, -0.1) is 0 Å². The van der Waals surface area contributed by atoms with Crippen LogP contribution in [0.3, 0.4) is 0 Å². The molecule has 0 radical (unpaired) electrons. The lowest BCUT2D eigenvalue weighted by molar-refractivity contribution is -0.163. The van der Waals surface area contributed by atoms with Gasteiger partial charge in [-0.05, 0) is 32.9 Å². The number of piperidine rings is 2. The number of nitrogens with two attached hydrogens (primary N) is 1. The summed E-state index contributed by atoms with van der Waals surface area (Å²) in [6, 6.07) is -0.923. The number of hydrazine groups is 1. The Kier molecular flexibility index (Phi) is 7.52. The van der Waals surface area contributed by atoms with E-state index in [1.165, 1.54) is 0 Å². The van der Waals surface area contributed by atoms with Gasteiger partial charge in [-0.3, -0.25) is 19.8 Å². The molecule has 204 valence electrons. The average molecular weight is 515 g/mol. The molecule has 5 aliphatic rings. The third-order valence-corrected chi connectivity index (χ3v) is 8.59. The highest BCUT2D eigenvalue weighted by Gasteiger charge is 2.49. The van der Waals surface area contributed by atoms with Crippen LogP contribution in [0.2, 0.25) is 0 Å². The number of fused-ring (bicyclic) bond motifs is 1. The fourth-order valence-corrected chi connectivity index (χ4v) is 6.50. The SMILES string of the molecule is COC1(C)CN(C(=O)C2CCN(C3C(F)CNCC3NC(=O)C3C(N)NN4CC(F)CNC34)CC2)C1. The first-order valence-corrected chi connectivity index (χ1v) is 13.1. The van der Waals surface area contributed by atoms with Gasteiger partial charge in [0.05, 0.1) is 49.0 Å². The van der Waals surface area contributed by atoms with Gasteiger partial charge in [0.1, 0.15) is 12.3 Å². The van der Waals surface area contributed by atoms with Gasteiger partial charge in [0.25, 0.3) is 0 Å². The Balaban J connectivity index is 1.18. The minimum Gasteiger partial charge on any atom is -0.375 e. The minimum atomic E-state index is -1.15. The van der Waals surface area contributed by atoms with Crippen molar-refractivity contribution in [3.05, 3.63) is 0 Å². The number of hydrogen-bond acceptors (Lipinski definition) is 9. The summed E-state index contributed by atoms with van der Waals surface area (Å²) in [6.07, 6.45) is -1.93. The maximum Gasteiger partial charge on any atom is 0.229 e. The van der Waals surface area contributed by atoms with Gasteiger partial charge in [0, 0.05) is 39.2 Å². The molecule has 36 heavy (non-hydrogen) atoms. The summed E-state index contributed by atoms with van der Waals surface area (Å²) in [5, 5.41) is 10.8. The molecule has 0 saturated carbocycles. The molecule has 2 amide bonds. The van der Waals surface area contributed by atoms with Crippen molar-refractivity contribution < 1.29 is 23.1 Å². The molecule has 0 spiro atoms. The molecule has 5 heterocycles. The van der Waals surface area contributed by atoms with Gasteiger partial charge < -0.3 is 26.0 Å². The number of nitrogens with zero attached hydrogens (tertiary/aromatic N) is 3. The zero-order valence-corrected chi connectivity index (χ0v) is 21.1. The van der Waals surface area contributed by atoms with Crippen molar-refractivity contribution in [3.8, 4) is 0 Å². The summed E-state index contributed by atoms with van der Waals surface area (Å²) < 4.78 is 34.5. The summed E-state index contributed by atoms with van der Waals surface area (Å²) in [5.41, 5.74) is 8.91. The second-order valence-corrected chi connectivity index (χ2v) is 11.2. The summed E-state index contributed by atoms with van der Waals surface area (Å²) in [7, 11) is 1.67. The third kappa shape index (κ3) is 4.98. The number of nitrogens with one attached hydrogen (secondary N) is 4. The smallest absolute Gasteiger partial charge is 0.229 e. The first-order chi connectivity index (χ1) is 17.2. The standard InChI is InChI=1S/C23H40F2N8O3/c1-23(36-2)11-32(12-23)22(35)13-3-5-31(6-4-13)18-15(25)8-27-9-16(18)29-21(34)17-19(26)30-33-10-14(24)7-28-20(17)33/h13-20,27-28,30H,3-12,26H2,1-2H3,(H,29,34). The number of alkyl halides is 2. The fourth-order valence-electron chi connectivity index (χ4n) is 6.50. The molecule has 0 aromatic carbocycles. The Morgan fingerprint density at radius 3 is 2.56 bits per heavy atom. The molecular formula is C23H40F2N8O3. The van der Waals surface area contributed by atoms with Crippen molar-refractivity contribution >= 4 is 11.8 Å². The zero-order valence-electron chi connectivity index (χ0n) is 21.1. The van der Waals surface area contributed by atoms with Crippen LogP contribution >= 0.6 is 0 Å². The van der Waals surface area contributed by atoms with Crippen LogP contribution in [0, 0.1) is 11.8 Å². The van der Waals surface area contributed by atoms with E-state index in [1.54, 1.807) is 12.1 Å². The van der Waals surface area contributed by atoms with Crippen molar-refractivity contribution in [1.82, 2.24) is 36.2 Å². The molecule has 0 aromatic rings. The van der Waals surface area contributed by atoms with Crippen LogP contribution in [0.15, 0.2) is 0 Å². The van der Waals surface area contributed by atoms with Crippen molar-refractivity contribution in [2.24, 2.45) is 17.6 Å². The highest BCUT2D eigenvalue weighted by atomic mass is 19.1. The summed E-state index contributed by atoms with van der Waals surface area (Å²) >= 11 is 0. The maximum atomic E-state index is 15.2. The summed E-state index contributed by atoms with van der Waals surface area (Å²) in [4.78, 5) is 30.2. The monoisotopic (exact) mass is 514 g/mol. The van der Waals surface area contributed by atoms with Crippen LogP contribution in [0.5, 0.6) is 0 Å². The van der Waals surface area contributed by atoms with Crippen LogP contribution < -0.4 is 27.1 Å². The van der Waals surface area contributed by atoms with E-state index in [2.05, 4.69) is 26.3 Å². The van der Waals surface area contributed by atoms with E-state index in [4.69, 9.17) is 10.5 Å². The quantitative estimate of drug-likeness (QED) is 0.276. The van der Waals surface area contributed by atoms with E-state index in [1.807, 2.05) is 11.8 Å². The van der Waals surface area contributed by atoms with Gasteiger partial charge in [-0.1, -0.05) is 0 Å². The fraction of sp³-hybridized carbons (Fsp3) is 0.913. The topological polar surface area (TPSA) is 127 Å². The third-order valence-electron chi connectivity index (χ3n) is 8.59. The molecule has 0 aromatic heterocycles. The molecule has 11 nitrogen and oxygen atoms in total. The van der Waals surface area contributed by atoms with Crippen LogP contribution in [-0.2, 0) is 14.3 Å². The van der Waals surface area contributed by atoms with E-state index in [0.717, 1.165) is 0 Å². The van der Waals surface area contributed by atoms with Gasteiger partial charge >= 0.3 is 0 Å². The molecule has 5 saturated heterocycles. The first-order valence-electron chi connectivity index (χ1n) is 13.1. The van der Waals surface area contributed by atoms with Crippen LogP contribution in [0.25, 0.3) is 0 Å². The number of halogens is 2. The summed E-state index contributed by atoms with van der Waals surface area (Å²) in [5.74, 6) is -0.822. The average Bonchev–Trinajstić information content (AvgIpc) is 3.16. The molecule has 7 unspecified atom stereocenters. The highest BCUT2D eigenvalue weighted by Crippen LogP contribution is 2.30. The van der Waals surface area contributed by atoms with Gasteiger partial charge in [-0.25, -0.2) is 19.2 Å². The highest BCUT2D eigenvalue weighted by molar-refractivity contribution is 5.81. The van der Waals surface area contributed by atoms with Gasteiger partial charge in [0.2, 0.25) is 11.8 Å². The van der Waals surface area contributed by atoms with Gasteiger partial charge in [0.15, 0.2) is 0 Å². The van der Waals surface area contributed by atoms with Crippen LogP contribution in [-0.4, -0.2) is 128 Å². The first kappa shape index (κ1) is 26.1. The van der Waals surface area contributed by atoms with E-state index in [0.29, 0.717) is 45.6 Å². The van der Waals surface area contributed by atoms with Crippen molar-refractivity contribution in [1.29, 1.82) is 0 Å². The van der Waals surface area contributed by atoms with Crippen LogP contribution in [0.4, 0.5) is 8.78 Å². The van der Waals surface area contributed by atoms with Crippen molar-refractivity contribution in [2.45, 2.75) is 62.1 Å². The molecule has 5 aliphatic heterocycles. The lowest BCUT2D eigenvalue weighted by atomic mass is 9.88. The van der Waals surface area contributed by atoms with Crippen LogP contribution in [0.1, 0.15) is 19.8 Å². The number of likely N-dealkylation sites (tertiary alicyclic amines) is 2. The number of methoxy groups -OCH3 is 1. The number of carbonyl (C=O) groups excluding carboxylic acids is 2. The number of carbonyl (C=O) groups is 2. The Morgan fingerprint density at radius 1 is 1.14 bits per heavy atom. The molecule has 0 aliphatic carbocycles. The molecule has 5 fully saturated rings. The maximum absolute atomic E-state index is 15.2. The Hall–Kier alpha value is -1.48. The molecule has 7 atom stereocenters. The molecule has 6 N–H and O–H groups in total. The Morgan fingerprint density at radius 2 is 1.86 bits per heavy atom. The van der Waals surface area contributed by atoms with Crippen molar-refractivity contribution in [2.75, 3.05) is 59.5 Å². The zero-order chi connectivity index (χ0) is 25.6.